The second-order valence-corrected chi connectivity index (χ2v) is 5.38. The molecule has 2 rings (SSSR count). The van der Waals surface area contributed by atoms with Crippen LogP contribution in [0.1, 0.15) is 38.5 Å². The molecule has 1 aromatic carbocycles. The molecule has 2 atom stereocenters. The van der Waals surface area contributed by atoms with E-state index in [2.05, 4.69) is 25.2 Å². The van der Waals surface area contributed by atoms with E-state index in [1.54, 1.807) is 7.11 Å². The summed E-state index contributed by atoms with van der Waals surface area (Å²) in [4.78, 5) is 0. The molecular formula is C16H22ClNO2. The van der Waals surface area contributed by atoms with Crippen LogP contribution in [0.4, 0.5) is 0 Å². The number of nitrogens with one attached hydrogen (secondary N) is 1. The van der Waals surface area contributed by atoms with Crippen LogP contribution in [0.2, 0.25) is 5.02 Å². The number of halogens is 1. The van der Waals surface area contributed by atoms with Gasteiger partial charge in [-0.15, -0.1) is 0 Å². The summed E-state index contributed by atoms with van der Waals surface area (Å²) in [6, 6.07) is 7.80. The monoisotopic (exact) mass is 295 g/mol. The van der Waals surface area contributed by atoms with E-state index in [1.165, 1.54) is 0 Å². The standard InChI is InChI=1S/C16H22ClNO2/c1-4-8-18-16(13(5-2)19-3)15-10-11-9-12(17)6-7-14(11)20-15/h6-7,9-10,13,16,18H,4-5,8H2,1-3H3. The number of methoxy groups -OCH3 is 1. The molecule has 0 fully saturated rings. The van der Waals surface area contributed by atoms with Gasteiger partial charge in [-0.3, -0.25) is 0 Å². The fraction of sp³-hybridized carbons (Fsp3) is 0.500. The molecule has 110 valence electrons. The molecule has 0 aliphatic carbocycles. The van der Waals surface area contributed by atoms with E-state index in [1.807, 2.05) is 18.2 Å². The molecule has 0 radical (unpaired) electrons. The summed E-state index contributed by atoms with van der Waals surface area (Å²) in [5.41, 5.74) is 0.860. The Morgan fingerprint density at radius 3 is 2.75 bits per heavy atom. The third kappa shape index (κ3) is 3.35. The van der Waals surface area contributed by atoms with Crippen LogP contribution >= 0.6 is 11.6 Å². The van der Waals surface area contributed by atoms with Crippen LogP contribution in [0.5, 0.6) is 0 Å². The molecule has 0 aliphatic heterocycles. The third-order valence-corrected chi connectivity index (χ3v) is 3.73. The summed E-state index contributed by atoms with van der Waals surface area (Å²) in [6.45, 7) is 5.20. The molecule has 20 heavy (non-hydrogen) atoms. The normalized spacial score (nSPS) is 14.6. The Hall–Kier alpha value is -1.03. The van der Waals surface area contributed by atoms with Gasteiger partial charge in [-0.25, -0.2) is 0 Å². The van der Waals surface area contributed by atoms with Gasteiger partial charge in [-0.05, 0) is 43.7 Å². The minimum Gasteiger partial charge on any atom is -0.459 e. The van der Waals surface area contributed by atoms with E-state index in [0.29, 0.717) is 0 Å². The minimum absolute atomic E-state index is 0.0659. The summed E-state index contributed by atoms with van der Waals surface area (Å²) >= 11 is 6.03. The van der Waals surface area contributed by atoms with Crippen molar-refractivity contribution < 1.29 is 9.15 Å². The zero-order valence-electron chi connectivity index (χ0n) is 12.3. The Morgan fingerprint density at radius 2 is 2.10 bits per heavy atom. The van der Waals surface area contributed by atoms with Crippen molar-refractivity contribution in [1.29, 1.82) is 0 Å². The number of fused-ring (bicyclic) bond motifs is 1. The van der Waals surface area contributed by atoms with Crippen LogP contribution in [-0.2, 0) is 4.74 Å². The molecular weight excluding hydrogens is 274 g/mol. The van der Waals surface area contributed by atoms with E-state index in [4.69, 9.17) is 20.8 Å². The zero-order chi connectivity index (χ0) is 14.5. The van der Waals surface area contributed by atoms with Gasteiger partial charge in [0.05, 0.1) is 12.1 Å². The average molecular weight is 296 g/mol. The van der Waals surface area contributed by atoms with Gasteiger partial charge < -0.3 is 14.5 Å². The molecule has 4 heteroatoms. The predicted octanol–water partition coefficient (Wildman–Crippen LogP) is 4.55. The number of hydrogen-bond acceptors (Lipinski definition) is 3. The summed E-state index contributed by atoms with van der Waals surface area (Å²) in [6.07, 6.45) is 2.09. The highest BCUT2D eigenvalue weighted by atomic mass is 35.5. The van der Waals surface area contributed by atoms with Gasteiger partial charge in [0.1, 0.15) is 11.3 Å². The zero-order valence-corrected chi connectivity index (χ0v) is 13.0. The topological polar surface area (TPSA) is 34.4 Å². The van der Waals surface area contributed by atoms with Crippen molar-refractivity contribution in [2.24, 2.45) is 0 Å². The first-order valence-corrected chi connectivity index (χ1v) is 7.52. The second kappa shape index (κ2) is 7.11. The summed E-state index contributed by atoms with van der Waals surface area (Å²) in [5.74, 6) is 0.907. The highest BCUT2D eigenvalue weighted by Gasteiger charge is 2.24. The summed E-state index contributed by atoms with van der Waals surface area (Å²) in [7, 11) is 1.74. The Kier molecular flexibility index (Phi) is 5.46. The molecule has 1 aromatic heterocycles. The largest absolute Gasteiger partial charge is 0.459 e. The van der Waals surface area contributed by atoms with Crippen LogP contribution in [0.25, 0.3) is 11.0 Å². The maximum Gasteiger partial charge on any atom is 0.134 e. The van der Waals surface area contributed by atoms with Crippen molar-refractivity contribution in [3.63, 3.8) is 0 Å². The highest BCUT2D eigenvalue weighted by Crippen LogP contribution is 2.29. The first kappa shape index (κ1) is 15.4. The maximum absolute atomic E-state index is 6.03. The van der Waals surface area contributed by atoms with Crippen molar-refractivity contribution in [3.8, 4) is 0 Å². The molecule has 2 aromatic rings. The van der Waals surface area contributed by atoms with E-state index in [-0.39, 0.29) is 12.1 Å². The molecule has 1 heterocycles. The molecule has 0 spiro atoms. The van der Waals surface area contributed by atoms with Crippen LogP contribution in [0, 0.1) is 0 Å². The van der Waals surface area contributed by atoms with Crippen molar-refractivity contribution in [2.45, 2.75) is 38.8 Å². The summed E-state index contributed by atoms with van der Waals surface area (Å²) in [5, 5.41) is 5.26. The predicted molar refractivity (Wildman–Crippen MR) is 83.3 cm³/mol. The van der Waals surface area contributed by atoms with Crippen LogP contribution in [-0.4, -0.2) is 19.8 Å². The van der Waals surface area contributed by atoms with Gasteiger partial charge in [0.2, 0.25) is 0 Å². The quantitative estimate of drug-likeness (QED) is 0.813. The van der Waals surface area contributed by atoms with E-state index < -0.39 is 0 Å². The van der Waals surface area contributed by atoms with Gasteiger partial charge in [0, 0.05) is 17.5 Å². The lowest BCUT2D eigenvalue weighted by molar-refractivity contribution is 0.0585. The van der Waals surface area contributed by atoms with E-state index >= 15 is 0 Å². The number of benzene rings is 1. The van der Waals surface area contributed by atoms with Gasteiger partial charge in [0.15, 0.2) is 0 Å². The number of ether oxygens (including phenoxy) is 1. The molecule has 0 aliphatic rings. The van der Waals surface area contributed by atoms with Gasteiger partial charge >= 0.3 is 0 Å². The van der Waals surface area contributed by atoms with Crippen molar-refractivity contribution in [3.05, 3.63) is 35.0 Å². The van der Waals surface area contributed by atoms with Crippen molar-refractivity contribution in [2.75, 3.05) is 13.7 Å². The van der Waals surface area contributed by atoms with Crippen molar-refractivity contribution >= 4 is 22.6 Å². The minimum atomic E-state index is 0.0659. The Morgan fingerprint density at radius 1 is 1.30 bits per heavy atom. The fourth-order valence-corrected chi connectivity index (χ4v) is 2.62. The third-order valence-electron chi connectivity index (χ3n) is 3.50. The maximum atomic E-state index is 6.03. The SMILES string of the molecule is CCCNC(c1cc2cc(Cl)ccc2o1)C(CC)OC. The lowest BCUT2D eigenvalue weighted by Crippen LogP contribution is -2.33. The van der Waals surface area contributed by atoms with Crippen molar-refractivity contribution in [1.82, 2.24) is 5.32 Å². The first-order chi connectivity index (χ1) is 9.69. The lowest BCUT2D eigenvalue weighted by atomic mass is 10.1. The van der Waals surface area contributed by atoms with Crippen LogP contribution in [0.15, 0.2) is 28.7 Å². The molecule has 1 N–H and O–H groups in total. The molecule has 0 amide bonds. The van der Waals surface area contributed by atoms with Gasteiger partial charge in [0.25, 0.3) is 0 Å². The Bertz CT molecular complexity index is 548. The molecule has 0 saturated heterocycles. The Balaban J connectivity index is 2.33. The van der Waals surface area contributed by atoms with E-state index in [9.17, 15) is 0 Å². The number of furan rings is 1. The fourth-order valence-electron chi connectivity index (χ4n) is 2.44. The lowest BCUT2D eigenvalue weighted by Gasteiger charge is -2.24. The average Bonchev–Trinajstić information content (AvgIpc) is 2.86. The van der Waals surface area contributed by atoms with Crippen LogP contribution in [0.3, 0.4) is 0 Å². The number of hydrogen-bond donors (Lipinski definition) is 1. The molecule has 0 bridgehead atoms. The first-order valence-electron chi connectivity index (χ1n) is 7.14. The molecule has 2 unspecified atom stereocenters. The number of rotatable bonds is 7. The van der Waals surface area contributed by atoms with Gasteiger partial charge in [-0.2, -0.15) is 0 Å². The molecule has 3 nitrogen and oxygen atoms in total. The Labute approximate surface area is 125 Å². The highest BCUT2D eigenvalue weighted by molar-refractivity contribution is 6.31. The second-order valence-electron chi connectivity index (χ2n) is 4.95. The summed E-state index contributed by atoms with van der Waals surface area (Å²) < 4.78 is 11.5. The smallest absolute Gasteiger partial charge is 0.134 e. The van der Waals surface area contributed by atoms with Gasteiger partial charge in [-0.1, -0.05) is 25.4 Å². The van der Waals surface area contributed by atoms with Crippen LogP contribution < -0.4 is 5.32 Å². The molecule has 0 saturated carbocycles. The van der Waals surface area contributed by atoms with E-state index in [0.717, 1.165) is 41.1 Å².